The van der Waals surface area contributed by atoms with Crippen molar-refractivity contribution in [3.05, 3.63) is 29.0 Å². The molecule has 5 nitrogen and oxygen atoms in total. The Morgan fingerprint density at radius 1 is 1.57 bits per heavy atom. The summed E-state index contributed by atoms with van der Waals surface area (Å²) in [4.78, 5) is 4.95. The van der Waals surface area contributed by atoms with E-state index in [0.29, 0.717) is 17.2 Å². The molecule has 0 fully saturated rings. The maximum atomic E-state index is 8.59. The van der Waals surface area contributed by atoms with Crippen LogP contribution < -0.4 is 5.73 Å². The van der Waals surface area contributed by atoms with E-state index in [1.807, 2.05) is 6.07 Å². The Morgan fingerprint density at radius 3 is 3.00 bits per heavy atom. The molecule has 2 N–H and O–H groups in total. The van der Waals surface area contributed by atoms with Crippen molar-refractivity contribution in [1.82, 2.24) is 14.8 Å². The van der Waals surface area contributed by atoms with Crippen molar-refractivity contribution in [2.75, 3.05) is 5.73 Å². The second-order valence-electron chi connectivity index (χ2n) is 2.70. The minimum absolute atomic E-state index is 0.549. The van der Waals surface area contributed by atoms with E-state index in [1.165, 1.54) is 17.5 Å². The first-order chi connectivity index (χ1) is 6.78. The molecule has 0 atom stereocenters. The Hall–Kier alpha value is -1.87. The molecule has 2 aromatic heterocycles. The minimum Gasteiger partial charge on any atom is -0.375 e. The van der Waals surface area contributed by atoms with E-state index >= 15 is 0 Å². The van der Waals surface area contributed by atoms with E-state index in [4.69, 9.17) is 11.0 Å². The number of thiazole rings is 1. The number of nitrogens with zero attached hydrogens (tertiary/aromatic N) is 4. The molecule has 0 saturated heterocycles. The van der Waals surface area contributed by atoms with E-state index in [-0.39, 0.29) is 0 Å². The first-order valence-electron chi connectivity index (χ1n) is 3.90. The number of aromatic nitrogens is 3. The maximum absolute atomic E-state index is 8.59. The maximum Gasteiger partial charge on any atom is 0.180 e. The molecule has 0 saturated carbocycles. The molecule has 0 radical (unpaired) electrons. The Bertz CT molecular complexity index is 478. The quantitative estimate of drug-likeness (QED) is 0.787. The summed E-state index contributed by atoms with van der Waals surface area (Å²) in [6, 6.07) is 2.02. The number of rotatable bonds is 2. The molecule has 0 aromatic carbocycles. The zero-order chi connectivity index (χ0) is 9.97. The molecular weight excluding hydrogens is 198 g/mol. The van der Waals surface area contributed by atoms with Gasteiger partial charge < -0.3 is 5.73 Å². The Labute approximate surface area is 84.4 Å². The molecule has 0 unspecified atom stereocenters. The summed E-state index contributed by atoms with van der Waals surface area (Å²) >= 11 is 1.42. The lowest BCUT2D eigenvalue weighted by molar-refractivity contribution is 0.693. The van der Waals surface area contributed by atoms with Crippen molar-refractivity contribution in [1.29, 1.82) is 5.26 Å². The van der Waals surface area contributed by atoms with Crippen LogP contribution >= 0.6 is 11.3 Å². The summed E-state index contributed by atoms with van der Waals surface area (Å²) < 4.78 is 1.69. The summed E-state index contributed by atoms with van der Waals surface area (Å²) in [7, 11) is 0. The van der Waals surface area contributed by atoms with Gasteiger partial charge in [0.15, 0.2) is 5.13 Å². The van der Waals surface area contributed by atoms with Crippen LogP contribution in [0.15, 0.2) is 18.6 Å². The van der Waals surface area contributed by atoms with E-state index in [9.17, 15) is 0 Å². The number of hydrogen-bond acceptors (Lipinski definition) is 5. The fraction of sp³-hybridized carbons (Fsp3) is 0.125. The normalized spacial score (nSPS) is 9.93. The Kier molecular flexibility index (Phi) is 2.16. The summed E-state index contributed by atoms with van der Waals surface area (Å²) in [6.45, 7) is 0.608. The van der Waals surface area contributed by atoms with Crippen LogP contribution in [0.1, 0.15) is 10.4 Å². The lowest BCUT2D eigenvalue weighted by atomic mass is 10.4. The lowest BCUT2D eigenvalue weighted by Crippen LogP contribution is -1.97. The van der Waals surface area contributed by atoms with Crippen molar-refractivity contribution < 1.29 is 0 Å². The van der Waals surface area contributed by atoms with Gasteiger partial charge in [0.25, 0.3) is 0 Å². The van der Waals surface area contributed by atoms with Gasteiger partial charge in [-0.1, -0.05) is 0 Å². The SMILES string of the molecule is N#Cc1cnn(Cc2cnc(N)s2)c1. The third kappa shape index (κ3) is 1.72. The van der Waals surface area contributed by atoms with Crippen LogP contribution in [0.2, 0.25) is 0 Å². The number of anilines is 1. The number of nitrogens with two attached hydrogens (primary N) is 1. The monoisotopic (exact) mass is 205 g/mol. The van der Waals surface area contributed by atoms with E-state index in [1.54, 1.807) is 17.1 Å². The number of hydrogen-bond donors (Lipinski definition) is 1. The smallest absolute Gasteiger partial charge is 0.180 e. The zero-order valence-corrected chi connectivity index (χ0v) is 8.03. The van der Waals surface area contributed by atoms with Gasteiger partial charge in [0, 0.05) is 17.3 Å². The molecule has 2 aromatic rings. The fourth-order valence-electron chi connectivity index (χ4n) is 1.06. The van der Waals surface area contributed by atoms with Crippen LogP contribution in [-0.4, -0.2) is 14.8 Å². The minimum atomic E-state index is 0.549. The van der Waals surface area contributed by atoms with Crippen molar-refractivity contribution in [3.63, 3.8) is 0 Å². The molecule has 0 aliphatic carbocycles. The Balaban J connectivity index is 2.15. The van der Waals surface area contributed by atoms with Gasteiger partial charge in [0.1, 0.15) is 6.07 Å². The van der Waals surface area contributed by atoms with Crippen molar-refractivity contribution in [3.8, 4) is 6.07 Å². The first kappa shape index (κ1) is 8.72. The van der Waals surface area contributed by atoms with Gasteiger partial charge >= 0.3 is 0 Å². The van der Waals surface area contributed by atoms with Gasteiger partial charge in [-0.25, -0.2) is 4.98 Å². The highest BCUT2D eigenvalue weighted by molar-refractivity contribution is 7.15. The summed E-state index contributed by atoms with van der Waals surface area (Å²) in [5.41, 5.74) is 6.05. The fourth-order valence-corrected chi connectivity index (χ4v) is 1.74. The molecule has 0 aliphatic heterocycles. The van der Waals surface area contributed by atoms with Gasteiger partial charge in [0.05, 0.1) is 18.3 Å². The zero-order valence-electron chi connectivity index (χ0n) is 7.21. The molecule has 2 rings (SSSR count). The predicted molar refractivity (Wildman–Crippen MR) is 52.6 cm³/mol. The second-order valence-corrected chi connectivity index (χ2v) is 3.85. The molecule has 14 heavy (non-hydrogen) atoms. The average Bonchev–Trinajstić information content (AvgIpc) is 2.76. The molecular formula is C8H7N5S. The number of nitrogen functional groups attached to an aromatic ring is 1. The van der Waals surface area contributed by atoms with Gasteiger partial charge in [-0.2, -0.15) is 10.4 Å². The standard InChI is InChI=1S/C8H7N5S/c9-1-6-2-12-13(4-6)5-7-3-11-8(10)14-7/h2-4H,5H2,(H2,10,11). The third-order valence-electron chi connectivity index (χ3n) is 1.65. The number of nitriles is 1. The highest BCUT2D eigenvalue weighted by Gasteiger charge is 2.01. The topological polar surface area (TPSA) is 80.5 Å². The van der Waals surface area contributed by atoms with Crippen molar-refractivity contribution in [2.45, 2.75) is 6.54 Å². The van der Waals surface area contributed by atoms with Crippen LogP contribution in [0.4, 0.5) is 5.13 Å². The van der Waals surface area contributed by atoms with Crippen LogP contribution in [0, 0.1) is 11.3 Å². The highest BCUT2D eigenvalue weighted by atomic mass is 32.1. The van der Waals surface area contributed by atoms with Gasteiger partial charge in [0.2, 0.25) is 0 Å². The lowest BCUT2D eigenvalue weighted by Gasteiger charge is -1.95. The van der Waals surface area contributed by atoms with Gasteiger partial charge in [-0.05, 0) is 0 Å². The van der Waals surface area contributed by atoms with Crippen LogP contribution in [-0.2, 0) is 6.54 Å². The van der Waals surface area contributed by atoms with Crippen molar-refractivity contribution in [2.24, 2.45) is 0 Å². The van der Waals surface area contributed by atoms with Crippen molar-refractivity contribution >= 4 is 16.5 Å². The van der Waals surface area contributed by atoms with Gasteiger partial charge in [-0.3, -0.25) is 4.68 Å². The molecule has 70 valence electrons. The molecule has 0 spiro atoms. The van der Waals surface area contributed by atoms with E-state index in [0.717, 1.165) is 4.88 Å². The largest absolute Gasteiger partial charge is 0.375 e. The molecule has 6 heteroatoms. The molecule has 0 aliphatic rings. The van der Waals surface area contributed by atoms with E-state index < -0.39 is 0 Å². The molecule has 0 bridgehead atoms. The second kappa shape index (κ2) is 3.47. The molecule has 0 amide bonds. The van der Waals surface area contributed by atoms with Crippen LogP contribution in [0.3, 0.4) is 0 Å². The first-order valence-corrected chi connectivity index (χ1v) is 4.72. The van der Waals surface area contributed by atoms with Crippen LogP contribution in [0.25, 0.3) is 0 Å². The van der Waals surface area contributed by atoms with Crippen LogP contribution in [0.5, 0.6) is 0 Å². The van der Waals surface area contributed by atoms with Gasteiger partial charge in [-0.15, -0.1) is 11.3 Å². The average molecular weight is 205 g/mol. The summed E-state index contributed by atoms with van der Waals surface area (Å²) in [5.74, 6) is 0. The third-order valence-corrected chi connectivity index (χ3v) is 2.46. The van der Waals surface area contributed by atoms with E-state index in [2.05, 4.69) is 10.1 Å². The Morgan fingerprint density at radius 2 is 2.43 bits per heavy atom. The molecule has 2 heterocycles. The summed E-state index contributed by atoms with van der Waals surface area (Å²) in [5, 5.41) is 13.2. The highest BCUT2D eigenvalue weighted by Crippen LogP contribution is 2.15. The predicted octanol–water partition coefficient (Wildman–Crippen LogP) is 0.842. The summed E-state index contributed by atoms with van der Waals surface area (Å²) in [6.07, 6.45) is 4.94.